The maximum Gasteiger partial charge on any atom is 0.239 e. The van der Waals surface area contributed by atoms with Crippen molar-refractivity contribution in [3.05, 3.63) is 42.4 Å². The number of hydrogen-bond acceptors (Lipinski definition) is 6. The molecule has 0 aromatic carbocycles. The first kappa shape index (κ1) is 15.9. The highest BCUT2D eigenvalue weighted by Crippen LogP contribution is 2.21. The van der Waals surface area contributed by atoms with Gasteiger partial charge >= 0.3 is 0 Å². The van der Waals surface area contributed by atoms with Crippen molar-refractivity contribution in [3.8, 4) is 17.4 Å². The number of carbonyl (C=O) groups excluding carboxylic acids is 1. The van der Waals surface area contributed by atoms with Crippen molar-refractivity contribution in [1.82, 2.24) is 24.6 Å². The van der Waals surface area contributed by atoms with E-state index in [1.54, 1.807) is 40.2 Å². The van der Waals surface area contributed by atoms with Crippen molar-refractivity contribution in [2.45, 2.75) is 6.92 Å². The van der Waals surface area contributed by atoms with Crippen molar-refractivity contribution in [2.75, 3.05) is 26.0 Å². The highest BCUT2D eigenvalue weighted by Gasteiger charge is 2.13. The highest BCUT2D eigenvalue weighted by atomic mass is 16.3. The molecule has 1 amide bonds. The topological polar surface area (TPSA) is 89.1 Å². The minimum Gasteiger partial charge on any atom is -0.458 e. The summed E-state index contributed by atoms with van der Waals surface area (Å²) in [5.41, 5.74) is 0. The summed E-state index contributed by atoms with van der Waals surface area (Å²) in [4.78, 5) is 22.6. The average molecular weight is 326 g/mol. The molecule has 0 saturated carbocycles. The summed E-state index contributed by atoms with van der Waals surface area (Å²) in [5, 5.41) is 6.95. The molecular weight excluding hydrogens is 308 g/mol. The van der Waals surface area contributed by atoms with Gasteiger partial charge in [-0.15, -0.1) is 0 Å². The predicted octanol–water partition coefficient (Wildman–Crippen LogP) is 1.73. The molecule has 3 aromatic rings. The van der Waals surface area contributed by atoms with Gasteiger partial charge in [-0.25, -0.2) is 14.6 Å². The number of furan rings is 1. The van der Waals surface area contributed by atoms with Gasteiger partial charge in [-0.2, -0.15) is 5.10 Å². The van der Waals surface area contributed by atoms with Gasteiger partial charge in [0.15, 0.2) is 17.4 Å². The van der Waals surface area contributed by atoms with Gasteiger partial charge in [-0.3, -0.25) is 4.79 Å². The lowest BCUT2D eigenvalue weighted by molar-refractivity contribution is -0.116. The SMILES string of the molecule is Cc1ccc(-c2nc(NC(=O)CN(C)C)cc(-n3cccn3)n2)o1. The molecule has 0 radical (unpaired) electrons. The fourth-order valence-corrected chi connectivity index (χ4v) is 2.15. The Labute approximate surface area is 139 Å². The first-order valence-corrected chi connectivity index (χ1v) is 7.42. The Morgan fingerprint density at radius 1 is 1.33 bits per heavy atom. The normalized spacial score (nSPS) is 11.0. The second-order valence-corrected chi connectivity index (χ2v) is 5.58. The molecular formula is C16H18N6O2. The van der Waals surface area contributed by atoms with Crippen LogP contribution in [0.2, 0.25) is 0 Å². The first-order chi connectivity index (χ1) is 11.5. The molecule has 0 unspecified atom stereocenters. The summed E-state index contributed by atoms with van der Waals surface area (Å²) < 4.78 is 7.19. The van der Waals surface area contributed by atoms with Crippen LogP contribution in [0.25, 0.3) is 17.4 Å². The molecule has 8 heteroatoms. The zero-order chi connectivity index (χ0) is 17.1. The number of anilines is 1. The van der Waals surface area contributed by atoms with Crippen molar-refractivity contribution in [2.24, 2.45) is 0 Å². The Kier molecular flexibility index (Phi) is 4.39. The average Bonchev–Trinajstić information content (AvgIpc) is 3.17. The van der Waals surface area contributed by atoms with Crippen LogP contribution in [0.3, 0.4) is 0 Å². The minimum atomic E-state index is -0.160. The number of aromatic nitrogens is 4. The molecule has 3 aromatic heterocycles. The maximum absolute atomic E-state index is 12.0. The number of hydrogen-bond donors (Lipinski definition) is 1. The van der Waals surface area contributed by atoms with E-state index in [4.69, 9.17) is 4.42 Å². The fourth-order valence-electron chi connectivity index (χ4n) is 2.15. The number of nitrogens with zero attached hydrogens (tertiary/aromatic N) is 5. The van der Waals surface area contributed by atoms with Crippen molar-refractivity contribution >= 4 is 11.7 Å². The fraction of sp³-hybridized carbons (Fsp3) is 0.250. The standard InChI is InChI=1S/C16H18N6O2/c1-11-5-6-12(24-11)16-19-13(18-15(23)10-21(2)3)9-14(20-16)22-8-4-7-17-22/h4-9H,10H2,1-3H3,(H,18,19,20,23). The second-order valence-electron chi connectivity index (χ2n) is 5.58. The summed E-state index contributed by atoms with van der Waals surface area (Å²) >= 11 is 0. The first-order valence-electron chi connectivity index (χ1n) is 7.42. The van der Waals surface area contributed by atoms with Crippen LogP contribution < -0.4 is 5.32 Å². The lowest BCUT2D eigenvalue weighted by Gasteiger charge is -2.11. The highest BCUT2D eigenvalue weighted by molar-refractivity contribution is 5.91. The Balaban J connectivity index is 1.98. The van der Waals surface area contributed by atoms with Crippen LogP contribution in [0.5, 0.6) is 0 Å². The molecule has 0 fully saturated rings. The van der Waals surface area contributed by atoms with Gasteiger partial charge in [0, 0.05) is 18.5 Å². The van der Waals surface area contributed by atoms with E-state index < -0.39 is 0 Å². The van der Waals surface area contributed by atoms with E-state index in [9.17, 15) is 4.79 Å². The molecule has 3 rings (SSSR count). The summed E-state index contributed by atoms with van der Waals surface area (Å²) in [7, 11) is 3.65. The van der Waals surface area contributed by atoms with E-state index in [1.807, 2.05) is 27.1 Å². The minimum absolute atomic E-state index is 0.160. The van der Waals surface area contributed by atoms with E-state index in [0.29, 0.717) is 23.2 Å². The van der Waals surface area contributed by atoms with E-state index in [-0.39, 0.29) is 12.5 Å². The van der Waals surface area contributed by atoms with Crippen LogP contribution in [0.15, 0.2) is 41.1 Å². The Hall–Kier alpha value is -3.00. The van der Waals surface area contributed by atoms with Crippen molar-refractivity contribution in [3.63, 3.8) is 0 Å². The number of amides is 1. The number of rotatable bonds is 5. The van der Waals surface area contributed by atoms with Gasteiger partial charge in [-0.1, -0.05) is 0 Å². The predicted molar refractivity (Wildman–Crippen MR) is 88.8 cm³/mol. The quantitative estimate of drug-likeness (QED) is 0.768. The molecule has 3 heterocycles. The van der Waals surface area contributed by atoms with Crippen LogP contribution in [0, 0.1) is 6.92 Å². The van der Waals surface area contributed by atoms with Crippen molar-refractivity contribution in [1.29, 1.82) is 0 Å². The second kappa shape index (κ2) is 6.63. The third-order valence-corrected chi connectivity index (χ3v) is 3.14. The molecule has 0 saturated heterocycles. The molecule has 0 spiro atoms. The number of aryl methyl sites for hydroxylation is 1. The zero-order valence-corrected chi connectivity index (χ0v) is 13.7. The van der Waals surface area contributed by atoms with Crippen LogP contribution in [0.4, 0.5) is 5.82 Å². The molecule has 0 aliphatic heterocycles. The summed E-state index contributed by atoms with van der Waals surface area (Å²) in [6.45, 7) is 2.11. The van der Waals surface area contributed by atoms with Crippen LogP contribution in [-0.2, 0) is 4.79 Å². The van der Waals surface area contributed by atoms with Gasteiger partial charge < -0.3 is 14.6 Å². The molecule has 1 N–H and O–H groups in total. The lowest BCUT2D eigenvalue weighted by Crippen LogP contribution is -2.27. The Morgan fingerprint density at radius 3 is 2.79 bits per heavy atom. The molecule has 0 aliphatic carbocycles. The number of nitrogens with one attached hydrogen (secondary N) is 1. The third kappa shape index (κ3) is 3.66. The molecule has 8 nitrogen and oxygen atoms in total. The molecule has 24 heavy (non-hydrogen) atoms. The van der Waals surface area contributed by atoms with Crippen LogP contribution in [-0.4, -0.2) is 51.2 Å². The summed E-state index contributed by atoms with van der Waals surface area (Å²) in [6, 6.07) is 7.09. The Morgan fingerprint density at radius 2 is 2.17 bits per heavy atom. The van der Waals surface area contributed by atoms with E-state index in [2.05, 4.69) is 20.4 Å². The zero-order valence-electron chi connectivity index (χ0n) is 13.7. The Bertz CT molecular complexity index is 838. The number of likely N-dealkylation sites (N-methyl/N-ethyl adjacent to an activating group) is 1. The maximum atomic E-state index is 12.0. The van der Waals surface area contributed by atoms with Gasteiger partial charge in [0.05, 0.1) is 6.54 Å². The molecule has 0 atom stereocenters. The lowest BCUT2D eigenvalue weighted by atomic mass is 10.4. The van der Waals surface area contributed by atoms with E-state index in [1.165, 1.54) is 0 Å². The van der Waals surface area contributed by atoms with Gasteiger partial charge in [0.1, 0.15) is 11.6 Å². The molecule has 0 aliphatic rings. The third-order valence-electron chi connectivity index (χ3n) is 3.14. The largest absolute Gasteiger partial charge is 0.458 e. The van der Waals surface area contributed by atoms with Crippen molar-refractivity contribution < 1.29 is 9.21 Å². The summed E-state index contributed by atoms with van der Waals surface area (Å²) in [6.07, 6.45) is 3.42. The monoisotopic (exact) mass is 326 g/mol. The number of carbonyl (C=O) groups is 1. The molecule has 124 valence electrons. The summed E-state index contributed by atoms with van der Waals surface area (Å²) in [5.74, 6) is 2.45. The van der Waals surface area contributed by atoms with Crippen LogP contribution in [0.1, 0.15) is 5.76 Å². The van der Waals surface area contributed by atoms with Gasteiger partial charge in [0.25, 0.3) is 0 Å². The van der Waals surface area contributed by atoms with Gasteiger partial charge in [-0.05, 0) is 39.2 Å². The van der Waals surface area contributed by atoms with Gasteiger partial charge in [0.2, 0.25) is 5.91 Å². The molecule has 0 bridgehead atoms. The smallest absolute Gasteiger partial charge is 0.239 e. The van der Waals surface area contributed by atoms with Crippen LogP contribution >= 0.6 is 0 Å². The van der Waals surface area contributed by atoms with E-state index in [0.717, 1.165) is 5.76 Å². The van der Waals surface area contributed by atoms with E-state index >= 15 is 0 Å².